The van der Waals surface area contributed by atoms with Gasteiger partial charge in [-0.2, -0.15) is 5.10 Å². The van der Waals surface area contributed by atoms with Crippen LogP contribution in [-0.2, 0) is 16.6 Å². The van der Waals surface area contributed by atoms with Gasteiger partial charge >= 0.3 is 0 Å². The summed E-state index contributed by atoms with van der Waals surface area (Å²) in [5.74, 6) is 0.940. The summed E-state index contributed by atoms with van der Waals surface area (Å²) in [5.41, 5.74) is 6.17. The van der Waals surface area contributed by atoms with Gasteiger partial charge in [-0.3, -0.25) is 5.10 Å². The molecule has 0 radical (unpaired) electrons. The molecule has 0 aliphatic heterocycles. The van der Waals surface area contributed by atoms with Gasteiger partial charge in [-0.1, -0.05) is 0 Å². The highest BCUT2D eigenvalue weighted by Crippen LogP contribution is 2.16. The van der Waals surface area contributed by atoms with Crippen LogP contribution < -0.4 is 15.2 Å². The van der Waals surface area contributed by atoms with E-state index in [1.807, 2.05) is 0 Å². The Balaban J connectivity index is 2.11. The molecule has 7 nitrogen and oxygen atoms in total. The quantitative estimate of drug-likeness (QED) is 0.738. The van der Waals surface area contributed by atoms with Crippen LogP contribution >= 0.6 is 0 Å². The Labute approximate surface area is 110 Å². The van der Waals surface area contributed by atoms with Gasteiger partial charge < -0.3 is 10.5 Å². The molecule has 0 aliphatic rings. The van der Waals surface area contributed by atoms with Crippen molar-refractivity contribution in [2.45, 2.75) is 11.4 Å². The fourth-order valence-electron chi connectivity index (χ4n) is 1.47. The smallest absolute Gasteiger partial charge is 0.240 e. The molecule has 0 saturated heterocycles. The van der Waals surface area contributed by atoms with Crippen LogP contribution in [0.15, 0.2) is 35.4 Å². The first-order valence-corrected chi connectivity index (χ1v) is 6.92. The van der Waals surface area contributed by atoms with Crippen LogP contribution in [0.2, 0.25) is 0 Å². The van der Waals surface area contributed by atoms with Crippen LogP contribution in [0.5, 0.6) is 5.75 Å². The van der Waals surface area contributed by atoms with Gasteiger partial charge in [-0.15, -0.1) is 0 Å². The molecular weight excluding hydrogens is 268 g/mol. The molecule has 2 aromatic rings. The lowest BCUT2D eigenvalue weighted by molar-refractivity contribution is 0.414. The Hall–Kier alpha value is -2.06. The summed E-state index contributed by atoms with van der Waals surface area (Å²) < 4.78 is 31.4. The van der Waals surface area contributed by atoms with E-state index in [1.165, 1.54) is 25.4 Å². The van der Waals surface area contributed by atoms with E-state index >= 15 is 0 Å². The van der Waals surface area contributed by atoms with Crippen molar-refractivity contribution in [3.05, 3.63) is 36.0 Å². The molecule has 102 valence electrons. The zero-order valence-corrected chi connectivity index (χ0v) is 11.1. The first-order chi connectivity index (χ1) is 9.03. The van der Waals surface area contributed by atoms with Crippen molar-refractivity contribution < 1.29 is 13.2 Å². The third kappa shape index (κ3) is 3.04. The minimum Gasteiger partial charge on any atom is -0.497 e. The normalized spacial score (nSPS) is 11.4. The van der Waals surface area contributed by atoms with Crippen LogP contribution in [0.25, 0.3) is 0 Å². The summed E-state index contributed by atoms with van der Waals surface area (Å²) in [5, 5.41) is 6.25. The average molecular weight is 282 g/mol. The number of aromatic nitrogens is 2. The van der Waals surface area contributed by atoms with E-state index in [1.54, 1.807) is 12.1 Å². The zero-order valence-electron chi connectivity index (χ0n) is 10.3. The second kappa shape index (κ2) is 5.29. The van der Waals surface area contributed by atoms with E-state index in [0.717, 1.165) is 0 Å². The standard InChI is InChI=1S/C11H14N4O3S/c1-18-9-2-4-10(5-3-9)19(16,17)14-7-8-6-13-15-11(8)12/h2-6,14H,7H2,1H3,(H3,12,13,15). The molecule has 0 spiro atoms. The van der Waals surface area contributed by atoms with Gasteiger partial charge in [0.15, 0.2) is 0 Å². The Morgan fingerprint density at radius 3 is 2.58 bits per heavy atom. The van der Waals surface area contributed by atoms with Crippen LogP contribution in [0.3, 0.4) is 0 Å². The van der Waals surface area contributed by atoms with Gasteiger partial charge in [-0.25, -0.2) is 13.1 Å². The van der Waals surface area contributed by atoms with Gasteiger partial charge in [0.05, 0.1) is 18.2 Å². The number of hydrogen-bond donors (Lipinski definition) is 3. The van der Waals surface area contributed by atoms with Crippen molar-refractivity contribution in [1.29, 1.82) is 0 Å². The average Bonchev–Trinajstić information content (AvgIpc) is 2.82. The van der Waals surface area contributed by atoms with Gasteiger partial charge in [0, 0.05) is 12.1 Å². The monoisotopic (exact) mass is 282 g/mol. The number of nitrogens with one attached hydrogen (secondary N) is 2. The zero-order chi connectivity index (χ0) is 13.9. The SMILES string of the molecule is COc1ccc(S(=O)(=O)NCc2cn[nH]c2N)cc1. The van der Waals surface area contributed by atoms with Crippen molar-refractivity contribution in [3.63, 3.8) is 0 Å². The van der Waals surface area contributed by atoms with Crippen LogP contribution in [0.4, 0.5) is 5.82 Å². The summed E-state index contributed by atoms with van der Waals surface area (Å²) >= 11 is 0. The first kappa shape index (κ1) is 13.4. The second-order valence-electron chi connectivity index (χ2n) is 3.81. The molecule has 1 heterocycles. The molecule has 0 aliphatic carbocycles. The number of nitrogens with two attached hydrogens (primary N) is 1. The van der Waals surface area contributed by atoms with E-state index < -0.39 is 10.0 Å². The molecule has 2 rings (SSSR count). The summed E-state index contributed by atoms with van der Waals surface area (Å²) in [6.07, 6.45) is 1.48. The van der Waals surface area contributed by atoms with E-state index in [2.05, 4.69) is 14.9 Å². The molecule has 1 aromatic carbocycles. The van der Waals surface area contributed by atoms with Gasteiger partial charge in [-0.05, 0) is 24.3 Å². The van der Waals surface area contributed by atoms with Crippen molar-refractivity contribution in [3.8, 4) is 5.75 Å². The highest BCUT2D eigenvalue weighted by Gasteiger charge is 2.14. The number of aromatic amines is 1. The highest BCUT2D eigenvalue weighted by molar-refractivity contribution is 7.89. The number of sulfonamides is 1. The molecule has 8 heteroatoms. The molecule has 0 fully saturated rings. The van der Waals surface area contributed by atoms with E-state index in [4.69, 9.17) is 10.5 Å². The van der Waals surface area contributed by atoms with Crippen LogP contribution in [0.1, 0.15) is 5.56 Å². The van der Waals surface area contributed by atoms with Crippen molar-refractivity contribution in [1.82, 2.24) is 14.9 Å². The molecule has 0 amide bonds. The summed E-state index contributed by atoms with van der Waals surface area (Å²) in [7, 11) is -2.06. The maximum Gasteiger partial charge on any atom is 0.240 e. The molecular formula is C11H14N4O3S. The third-order valence-electron chi connectivity index (χ3n) is 2.57. The number of rotatable bonds is 5. The topological polar surface area (TPSA) is 110 Å². The number of nitrogens with zero attached hydrogens (tertiary/aromatic N) is 1. The Morgan fingerprint density at radius 1 is 1.37 bits per heavy atom. The Morgan fingerprint density at radius 2 is 2.05 bits per heavy atom. The molecule has 0 saturated carbocycles. The maximum absolute atomic E-state index is 12.0. The number of benzene rings is 1. The fourth-order valence-corrected chi connectivity index (χ4v) is 2.48. The predicted molar refractivity (Wildman–Crippen MR) is 70.0 cm³/mol. The summed E-state index contributed by atoms with van der Waals surface area (Å²) in [4.78, 5) is 0.162. The van der Waals surface area contributed by atoms with E-state index in [9.17, 15) is 8.42 Å². The lowest BCUT2D eigenvalue weighted by Crippen LogP contribution is -2.23. The number of hydrogen-bond acceptors (Lipinski definition) is 5. The molecule has 4 N–H and O–H groups in total. The number of anilines is 1. The minimum atomic E-state index is -3.58. The largest absolute Gasteiger partial charge is 0.497 e. The van der Waals surface area contributed by atoms with Crippen LogP contribution in [0, 0.1) is 0 Å². The van der Waals surface area contributed by atoms with E-state index in [0.29, 0.717) is 17.1 Å². The van der Waals surface area contributed by atoms with Gasteiger partial charge in [0.1, 0.15) is 11.6 Å². The number of ether oxygens (including phenoxy) is 1. The second-order valence-corrected chi connectivity index (χ2v) is 5.58. The van der Waals surface area contributed by atoms with E-state index in [-0.39, 0.29) is 11.4 Å². The predicted octanol–water partition coefficient (Wildman–Crippen LogP) is 0.479. The van der Waals surface area contributed by atoms with Crippen LogP contribution in [-0.4, -0.2) is 25.7 Å². The number of methoxy groups -OCH3 is 1. The lowest BCUT2D eigenvalue weighted by Gasteiger charge is -2.07. The lowest BCUT2D eigenvalue weighted by atomic mass is 10.3. The first-order valence-electron chi connectivity index (χ1n) is 5.44. The van der Waals surface area contributed by atoms with Crippen molar-refractivity contribution >= 4 is 15.8 Å². The molecule has 0 atom stereocenters. The highest BCUT2D eigenvalue weighted by atomic mass is 32.2. The maximum atomic E-state index is 12.0. The third-order valence-corrected chi connectivity index (χ3v) is 3.99. The molecule has 19 heavy (non-hydrogen) atoms. The minimum absolute atomic E-state index is 0.0801. The number of H-pyrrole nitrogens is 1. The van der Waals surface area contributed by atoms with Crippen molar-refractivity contribution in [2.24, 2.45) is 0 Å². The number of nitrogen functional groups attached to an aromatic ring is 1. The Kier molecular flexibility index (Phi) is 3.72. The molecule has 1 aromatic heterocycles. The summed E-state index contributed by atoms with van der Waals surface area (Å²) in [6.45, 7) is 0.0801. The summed E-state index contributed by atoms with van der Waals surface area (Å²) in [6, 6.07) is 6.11. The van der Waals surface area contributed by atoms with Crippen molar-refractivity contribution in [2.75, 3.05) is 12.8 Å². The van der Waals surface area contributed by atoms with Gasteiger partial charge in [0.25, 0.3) is 0 Å². The fraction of sp³-hybridized carbons (Fsp3) is 0.182. The molecule has 0 bridgehead atoms. The Bertz CT molecular complexity index is 649. The van der Waals surface area contributed by atoms with Gasteiger partial charge in [0.2, 0.25) is 10.0 Å². The molecule has 0 unspecified atom stereocenters.